The fraction of sp³-hybridized carbons (Fsp3) is 0.500. The molecular formula is C22H32N4O8S. The molecular weight excluding hydrogens is 480 g/mol. The lowest BCUT2D eigenvalue weighted by Crippen LogP contribution is -2.58. The zero-order valence-electron chi connectivity index (χ0n) is 19.3. The Morgan fingerprint density at radius 3 is 2.00 bits per heavy atom. The summed E-state index contributed by atoms with van der Waals surface area (Å²) in [6.45, 7) is -0.848. The van der Waals surface area contributed by atoms with E-state index in [0.29, 0.717) is 5.75 Å². The summed E-state index contributed by atoms with van der Waals surface area (Å²) in [4.78, 5) is 60.2. The SMILES string of the molecule is CSCCC(NC(=O)C(CO)NC(=O)C(CCC(=O)O)NC(=O)C(N)Cc1ccccc1)C(=O)O. The van der Waals surface area contributed by atoms with E-state index in [0.717, 1.165) is 5.56 Å². The van der Waals surface area contributed by atoms with Gasteiger partial charge in [-0.15, -0.1) is 0 Å². The van der Waals surface area contributed by atoms with Crippen LogP contribution in [0.3, 0.4) is 0 Å². The second kappa shape index (κ2) is 15.7. The number of hydrogen-bond acceptors (Lipinski definition) is 8. The highest BCUT2D eigenvalue weighted by Crippen LogP contribution is 2.05. The van der Waals surface area contributed by atoms with Gasteiger partial charge in [-0.1, -0.05) is 30.3 Å². The fourth-order valence-corrected chi connectivity index (χ4v) is 3.48. The number of aliphatic hydroxyl groups excluding tert-OH is 1. The summed E-state index contributed by atoms with van der Waals surface area (Å²) in [5.74, 6) is -4.57. The number of nitrogens with two attached hydrogens (primary N) is 1. The van der Waals surface area contributed by atoms with Crippen molar-refractivity contribution in [3.05, 3.63) is 35.9 Å². The summed E-state index contributed by atoms with van der Waals surface area (Å²) in [7, 11) is 0. The van der Waals surface area contributed by atoms with Crippen LogP contribution in [0.4, 0.5) is 0 Å². The van der Waals surface area contributed by atoms with E-state index in [-0.39, 0.29) is 19.3 Å². The molecule has 0 heterocycles. The highest BCUT2D eigenvalue weighted by Gasteiger charge is 2.30. The van der Waals surface area contributed by atoms with Crippen molar-refractivity contribution in [1.29, 1.82) is 0 Å². The largest absolute Gasteiger partial charge is 0.481 e. The van der Waals surface area contributed by atoms with E-state index in [4.69, 9.17) is 10.8 Å². The topological polar surface area (TPSA) is 208 Å². The van der Waals surface area contributed by atoms with Crippen molar-refractivity contribution in [2.45, 2.75) is 49.9 Å². The number of carboxylic acids is 2. The standard InChI is InChI=1S/C22H32N4O8S/c1-35-10-9-16(22(33)34)25-21(32)17(12-27)26-20(31)15(7-8-18(28)29)24-19(30)14(23)11-13-5-3-2-4-6-13/h2-6,14-17,27H,7-12,23H2,1H3,(H,24,30)(H,25,32)(H,26,31)(H,28,29)(H,33,34). The highest BCUT2D eigenvalue weighted by molar-refractivity contribution is 7.98. The Labute approximate surface area is 207 Å². The Kier molecular flexibility index (Phi) is 13.4. The van der Waals surface area contributed by atoms with E-state index < -0.39 is 66.9 Å². The number of carbonyl (C=O) groups excluding carboxylic acids is 3. The number of benzene rings is 1. The second-order valence-electron chi connectivity index (χ2n) is 7.71. The molecule has 0 aromatic heterocycles. The van der Waals surface area contributed by atoms with Crippen LogP contribution < -0.4 is 21.7 Å². The minimum absolute atomic E-state index is 0.130. The maximum absolute atomic E-state index is 12.8. The Hall–Kier alpha value is -3.16. The molecule has 1 rings (SSSR count). The molecule has 0 bridgehead atoms. The maximum atomic E-state index is 12.8. The van der Waals surface area contributed by atoms with Gasteiger partial charge in [0, 0.05) is 6.42 Å². The number of thioether (sulfide) groups is 1. The van der Waals surface area contributed by atoms with Crippen molar-refractivity contribution in [3.8, 4) is 0 Å². The molecule has 3 amide bonds. The molecule has 194 valence electrons. The predicted molar refractivity (Wildman–Crippen MR) is 129 cm³/mol. The van der Waals surface area contributed by atoms with Crippen LogP contribution >= 0.6 is 11.8 Å². The zero-order chi connectivity index (χ0) is 26.4. The summed E-state index contributed by atoms with van der Waals surface area (Å²) in [6.07, 6.45) is 1.32. The van der Waals surface area contributed by atoms with Crippen LogP contribution in [0.25, 0.3) is 0 Å². The normalized spacial score (nSPS) is 14.1. The zero-order valence-corrected chi connectivity index (χ0v) is 20.1. The summed E-state index contributed by atoms with van der Waals surface area (Å²) in [5, 5.41) is 34.7. The third-order valence-electron chi connectivity index (χ3n) is 4.96. The summed E-state index contributed by atoms with van der Waals surface area (Å²) < 4.78 is 0. The molecule has 0 aliphatic rings. The number of aliphatic carboxylic acids is 2. The van der Waals surface area contributed by atoms with Crippen LogP contribution in [0.5, 0.6) is 0 Å². The molecule has 0 spiro atoms. The smallest absolute Gasteiger partial charge is 0.326 e. The van der Waals surface area contributed by atoms with Gasteiger partial charge in [-0.05, 0) is 36.8 Å². The fourth-order valence-electron chi connectivity index (χ4n) is 3.01. The first kappa shape index (κ1) is 29.9. The average Bonchev–Trinajstić information content (AvgIpc) is 2.82. The molecule has 4 atom stereocenters. The van der Waals surface area contributed by atoms with E-state index in [1.807, 2.05) is 0 Å². The van der Waals surface area contributed by atoms with Gasteiger partial charge in [-0.3, -0.25) is 19.2 Å². The van der Waals surface area contributed by atoms with Gasteiger partial charge in [0.05, 0.1) is 12.6 Å². The van der Waals surface area contributed by atoms with E-state index >= 15 is 0 Å². The van der Waals surface area contributed by atoms with E-state index in [2.05, 4.69) is 16.0 Å². The number of rotatable bonds is 16. The van der Waals surface area contributed by atoms with Crippen LogP contribution in [0.2, 0.25) is 0 Å². The molecule has 1 aromatic carbocycles. The lowest BCUT2D eigenvalue weighted by atomic mass is 10.0. The molecule has 8 N–H and O–H groups in total. The van der Waals surface area contributed by atoms with Crippen molar-refractivity contribution in [2.24, 2.45) is 5.73 Å². The molecule has 0 radical (unpaired) electrons. The Morgan fingerprint density at radius 1 is 0.886 bits per heavy atom. The number of carboxylic acid groups (broad SMARTS) is 2. The second-order valence-corrected chi connectivity index (χ2v) is 8.70. The highest BCUT2D eigenvalue weighted by atomic mass is 32.2. The minimum atomic E-state index is -1.51. The molecule has 35 heavy (non-hydrogen) atoms. The van der Waals surface area contributed by atoms with Crippen molar-refractivity contribution in [1.82, 2.24) is 16.0 Å². The molecule has 1 aromatic rings. The van der Waals surface area contributed by atoms with Crippen molar-refractivity contribution in [2.75, 3.05) is 18.6 Å². The quantitative estimate of drug-likeness (QED) is 0.139. The van der Waals surface area contributed by atoms with Gasteiger partial charge in [0.2, 0.25) is 17.7 Å². The molecule has 4 unspecified atom stereocenters. The van der Waals surface area contributed by atoms with Gasteiger partial charge in [0.15, 0.2) is 0 Å². The monoisotopic (exact) mass is 512 g/mol. The van der Waals surface area contributed by atoms with Crippen LogP contribution in [0, 0.1) is 0 Å². The number of amides is 3. The molecule has 0 aliphatic heterocycles. The summed E-state index contributed by atoms with van der Waals surface area (Å²) in [5.41, 5.74) is 6.72. The summed E-state index contributed by atoms with van der Waals surface area (Å²) in [6, 6.07) is 3.79. The maximum Gasteiger partial charge on any atom is 0.326 e. The number of nitrogens with one attached hydrogen (secondary N) is 3. The van der Waals surface area contributed by atoms with Gasteiger partial charge in [-0.2, -0.15) is 11.8 Å². The molecule has 0 fully saturated rings. The third kappa shape index (κ3) is 11.2. The van der Waals surface area contributed by atoms with Crippen LogP contribution in [-0.4, -0.2) is 87.8 Å². The van der Waals surface area contributed by atoms with Crippen molar-refractivity contribution in [3.63, 3.8) is 0 Å². The third-order valence-corrected chi connectivity index (χ3v) is 5.60. The molecule has 12 nitrogen and oxygen atoms in total. The van der Waals surface area contributed by atoms with Gasteiger partial charge >= 0.3 is 11.9 Å². The molecule has 0 saturated carbocycles. The van der Waals surface area contributed by atoms with Crippen LogP contribution in [0.15, 0.2) is 30.3 Å². The van der Waals surface area contributed by atoms with Crippen molar-refractivity contribution < 1.29 is 39.3 Å². The van der Waals surface area contributed by atoms with Gasteiger partial charge in [0.25, 0.3) is 0 Å². The average molecular weight is 513 g/mol. The lowest BCUT2D eigenvalue weighted by Gasteiger charge is -2.24. The predicted octanol–water partition coefficient (Wildman–Crippen LogP) is -1.29. The number of hydrogen-bond donors (Lipinski definition) is 7. The van der Waals surface area contributed by atoms with Gasteiger partial charge in [-0.25, -0.2) is 4.79 Å². The minimum Gasteiger partial charge on any atom is -0.481 e. The number of carbonyl (C=O) groups is 5. The number of aliphatic hydroxyl groups is 1. The first-order valence-corrected chi connectivity index (χ1v) is 12.2. The summed E-state index contributed by atoms with van der Waals surface area (Å²) >= 11 is 1.39. The molecule has 0 saturated heterocycles. The first-order valence-electron chi connectivity index (χ1n) is 10.8. The Balaban J connectivity index is 2.85. The Morgan fingerprint density at radius 2 is 1.46 bits per heavy atom. The Bertz CT molecular complexity index is 870. The van der Waals surface area contributed by atoms with Gasteiger partial charge < -0.3 is 37.0 Å². The van der Waals surface area contributed by atoms with Crippen LogP contribution in [0.1, 0.15) is 24.8 Å². The first-order chi connectivity index (χ1) is 16.6. The van der Waals surface area contributed by atoms with Crippen LogP contribution in [-0.2, 0) is 30.4 Å². The molecule has 13 heteroatoms. The van der Waals surface area contributed by atoms with Gasteiger partial charge in [0.1, 0.15) is 18.1 Å². The lowest BCUT2D eigenvalue weighted by molar-refractivity contribution is -0.142. The van der Waals surface area contributed by atoms with Crippen molar-refractivity contribution >= 4 is 41.4 Å². The van der Waals surface area contributed by atoms with E-state index in [9.17, 15) is 34.2 Å². The van der Waals surface area contributed by atoms with E-state index in [1.54, 1.807) is 36.6 Å². The molecule has 0 aliphatic carbocycles. The van der Waals surface area contributed by atoms with E-state index in [1.165, 1.54) is 11.8 Å².